The monoisotopic (exact) mass is 258 g/mol. The Labute approximate surface area is 108 Å². The molecule has 0 saturated carbocycles. The van der Waals surface area contributed by atoms with Gasteiger partial charge >= 0.3 is 0 Å². The molecule has 0 radical (unpaired) electrons. The Morgan fingerprint density at radius 3 is 2.74 bits per heavy atom. The van der Waals surface area contributed by atoms with Gasteiger partial charge in [-0.15, -0.1) is 0 Å². The van der Waals surface area contributed by atoms with Gasteiger partial charge in [-0.3, -0.25) is 20.5 Å². The number of non-ortho nitro benzene ring substituents is 1. The molecule has 3 N–H and O–H groups in total. The van der Waals surface area contributed by atoms with E-state index < -0.39 is 4.92 Å². The molecule has 0 atom stereocenters. The number of aromatic nitrogens is 1. The fourth-order valence-corrected chi connectivity index (χ4v) is 1.42. The lowest BCUT2D eigenvalue weighted by molar-refractivity contribution is -0.384. The van der Waals surface area contributed by atoms with E-state index in [1.54, 1.807) is 12.1 Å². The van der Waals surface area contributed by atoms with Crippen molar-refractivity contribution in [2.24, 2.45) is 5.73 Å². The largest absolute Gasteiger partial charge is 0.457 e. The number of ether oxygens (including phenoxy) is 1. The van der Waals surface area contributed by atoms with Crippen LogP contribution >= 0.6 is 0 Å². The second kappa shape index (κ2) is 5.13. The van der Waals surface area contributed by atoms with Crippen LogP contribution in [-0.4, -0.2) is 15.7 Å². The summed E-state index contributed by atoms with van der Waals surface area (Å²) in [5.74, 6) is 0.556. The first-order valence-electron chi connectivity index (χ1n) is 5.29. The number of nitrogen functional groups attached to an aromatic ring is 1. The minimum atomic E-state index is -0.500. The smallest absolute Gasteiger partial charge is 0.273 e. The van der Waals surface area contributed by atoms with Crippen LogP contribution in [0.5, 0.6) is 11.5 Å². The summed E-state index contributed by atoms with van der Waals surface area (Å²) in [6.07, 6.45) is 1.45. The van der Waals surface area contributed by atoms with Crippen molar-refractivity contribution in [3.63, 3.8) is 0 Å². The first kappa shape index (κ1) is 12.5. The van der Waals surface area contributed by atoms with Crippen LogP contribution in [0.3, 0.4) is 0 Å². The van der Waals surface area contributed by atoms with Gasteiger partial charge in [0, 0.05) is 18.3 Å². The maximum atomic E-state index is 10.6. The molecule has 0 amide bonds. The highest BCUT2D eigenvalue weighted by molar-refractivity contribution is 5.93. The molecular weight excluding hydrogens is 248 g/mol. The Balaban J connectivity index is 2.26. The zero-order valence-corrected chi connectivity index (χ0v) is 9.74. The van der Waals surface area contributed by atoms with E-state index in [9.17, 15) is 10.1 Å². The van der Waals surface area contributed by atoms with Crippen molar-refractivity contribution in [1.29, 1.82) is 5.41 Å². The third-order valence-electron chi connectivity index (χ3n) is 2.27. The summed E-state index contributed by atoms with van der Waals surface area (Å²) in [5.41, 5.74) is 5.54. The highest BCUT2D eigenvalue weighted by atomic mass is 16.6. The number of pyridine rings is 1. The van der Waals surface area contributed by atoms with Crippen molar-refractivity contribution in [2.75, 3.05) is 0 Å². The number of nitro groups is 1. The normalized spacial score (nSPS) is 9.89. The summed E-state index contributed by atoms with van der Waals surface area (Å²) in [4.78, 5) is 14.0. The molecule has 1 heterocycles. The first-order valence-corrected chi connectivity index (χ1v) is 5.29. The number of nitrogens with zero attached hydrogens (tertiary/aromatic N) is 2. The number of nitrogens with one attached hydrogen (secondary N) is 1. The van der Waals surface area contributed by atoms with Gasteiger partial charge in [0.15, 0.2) is 0 Å². The molecule has 0 unspecified atom stereocenters. The average molecular weight is 258 g/mol. The summed E-state index contributed by atoms with van der Waals surface area (Å²) in [6.45, 7) is 0. The first-order chi connectivity index (χ1) is 9.06. The number of benzene rings is 1. The number of hydrogen-bond acceptors (Lipinski definition) is 5. The SMILES string of the molecule is N=C(N)c1cc(Oc2cccc([N+](=O)[O-])c2)ccn1. The summed E-state index contributed by atoms with van der Waals surface area (Å²) in [7, 11) is 0. The molecule has 0 fully saturated rings. The highest BCUT2D eigenvalue weighted by Gasteiger charge is 2.08. The summed E-state index contributed by atoms with van der Waals surface area (Å²) < 4.78 is 5.46. The van der Waals surface area contributed by atoms with Crippen molar-refractivity contribution in [3.05, 3.63) is 58.4 Å². The molecule has 96 valence electrons. The molecule has 7 nitrogen and oxygen atoms in total. The van der Waals surface area contributed by atoms with E-state index in [2.05, 4.69) is 4.98 Å². The van der Waals surface area contributed by atoms with Gasteiger partial charge in [0.2, 0.25) is 0 Å². The van der Waals surface area contributed by atoms with Crippen molar-refractivity contribution in [1.82, 2.24) is 4.98 Å². The van der Waals surface area contributed by atoms with E-state index in [4.69, 9.17) is 15.9 Å². The predicted molar refractivity (Wildman–Crippen MR) is 68.4 cm³/mol. The van der Waals surface area contributed by atoms with Gasteiger partial charge in [-0.05, 0) is 12.1 Å². The van der Waals surface area contributed by atoms with Crippen molar-refractivity contribution >= 4 is 11.5 Å². The van der Waals surface area contributed by atoms with E-state index in [0.717, 1.165) is 0 Å². The number of amidine groups is 1. The van der Waals surface area contributed by atoms with Crippen LogP contribution in [0, 0.1) is 15.5 Å². The number of rotatable bonds is 4. The molecule has 2 rings (SSSR count). The second-order valence-corrected chi connectivity index (χ2v) is 3.65. The van der Waals surface area contributed by atoms with Crippen molar-refractivity contribution < 1.29 is 9.66 Å². The van der Waals surface area contributed by atoms with Crippen LogP contribution in [0.4, 0.5) is 5.69 Å². The van der Waals surface area contributed by atoms with Crippen LogP contribution in [-0.2, 0) is 0 Å². The second-order valence-electron chi connectivity index (χ2n) is 3.65. The lowest BCUT2D eigenvalue weighted by atomic mass is 10.3. The number of nitro benzene ring substituents is 1. The molecule has 0 aliphatic carbocycles. The van der Waals surface area contributed by atoms with Crippen LogP contribution in [0.25, 0.3) is 0 Å². The van der Waals surface area contributed by atoms with Gasteiger partial charge in [0.05, 0.1) is 11.0 Å². The molecule has 1 aromatic carbocycles. The molecule has 1 aromatic heterocycles. The average Bonchev–Trinajstić information content (AvgIpc) is 2.39. The quantitative estimate of drug-likeness (QED) is 0.377. The summed E-state index contributed by atoms with van der Waals surface area (Å²) in [6, 6.07) is 8.88. The molecule has 0 saturated heterocycles. The van der Waals surface area contributed by atoms with E-state index in [-0.39, 0.29) is 17.2 Å². The zero-order chi connectivity index (χ0) is 13.8. The van der Waals surface area contributed by atoms with Gasteiger partial charge in [-0.1, -0.05) is 6.07 Å². The molecule has 0 spiro atoms. The fourth-order valence-electron chi connectivity index (χ4n) is 1.42. The fraction of sp³-hybridized carbons (Fsp3) is 0. The lowest BCUT2D eigenvalue weighted by Crippen LogP contribution is -2.12. The highest BCUT2D eigenvalue weighted by Crippen LogP contribution is 2.25. The minimum Gasteiger partial charge on any atom is -0.457 e. The van der Waals surface area contributed by atoms with E-state index >= 15 is 0 Å². The Bertz CT molecular complexity index is 587. The standard InChI is InChI=1S/C12H10N4O3/c13-12(14)11-7-10(4-5-15-11)19-9-3-1-2-8(6-9)16(17)18/h1-7H,(H3,13,14). The topological polar surface area (TPSA) is 115 Å². The summed E-state index contributed by atoms with van der Waals surface area (Å²) in [5, 5.41) is 17.9. The maximum absolute atomic E-state index is 10.6. The zero-order valence-electron chi connectivity index (χ0n) is 9.74. The van der Waals surface area contributed by atoms with Crippen LogP contribution in [0.15, 0.2) is 42.6 Å². The Morgan fingerprint density at radius 2 is 2.05 bits per heavy atom. The van der Waals surface area contributed by atoms with Crippen molar-refractivity contribution in [3.8, 4) is 11.5 Å². The summed E-state index contributed by atoms with van der Waals surface area (Å²) >= 11 is 0. The number of nitrogens with two attached hydrogens (primary N) is 1. The minimum absolute atomic E-state index is 0.0571. The predicted octanol–water partition coefficient (Wildman–Crippen LogP) is 2.07. The molecule has 0 bridgehead atoms. The van der Waals surface area contributed by atoms with Gasteiger partial charge in [-0.25, -0.2) is 0 Å². The Morgan fingerprint density at radius 1 is 1.32 bits per heavy atom. The molecular formula is C12H10N4O3. The van der Waals surface area contributed by atoms with E-state index in [1.165, 1.54) is 30.5 Å². The molecule has 19 heavy (non-hydrogen) atoms. The lowest BCUT2D eigenvalue weighted by Gasteiger charge is -2.06. The van der Waals surface area contributed by atoms with Crippen LogP contribution in [0.2, 0.25) is 0 Å². The van der Waals surface area contributed by atoms with Gasteiger partial charge in [0.25, 0.3) is 5.69 Å². The van der Waals surface area contributed by atoms with Crippen LogP contribution in [0.1, 0.15) is 5.69 Å². The Kier molecular flexibility index (Phi) is 3.37. The van der Waals surface area contributed by atoms with Gasteiger partial charge < -0.3 is 10.5 Å². The third-order valence-corrected chi connectivity index (χ3v) is 2.27. The maximum Gasteiger partial charge on any atom is 0.273 e. The molecule has 0 aliphatic heterocycles. The van der Waals surface area contributed by atoms with Gasteiger partial charge in [-0.2, -0.15) is 0 Å². The molecule has 0 aliphatic rings. The van der Waals surface area contributed by atoms with Gasteiger partial charge in [0.1, 0.15) is 23.0 Å². The Hall–Kier alpha value is -2.96. The third kappa shape index (κ3) is 3.03. The van der Waals surface area contributed by atoms with E-state index in [0.29, 0.717) is 11.5 Å². The van der Waals surface area contributed by atoms with E-state index in [1.807, 2.05) is 0 Å². The number of hydrogen-bond donors (Lipinski definition) is 2. The van der Waals surface area contributed by atoms with Crippen LogP contribution < -0.4 is 10.5 Å². The van der Waals surface area contributed by atoms with Crippen molar-refractivity contribution in [2.45, 2.75) is 0 Å². The molecule has 7 heteroatoms. The molecule has 2 aromatic rings.